The molecule has 0 radical (unpaired) electrons. The molecule has 0 aromatic heterocycles. The van der Waals surface area contributed by atoms with Gasteiger partial charge >= 0.3 is 0 Å². The lowest BCUT2D eigenvalue weighted by Crippen LogP contribution is -2.20. The highest BCUT2D eigenvalue weighted by Crippen LogP contribution is 2.33. The molecule has 1 amide bonds. The van der Waals surface area contributed by atoms with Gasteiger partial charge in [0.2, 0.25) is 5.91 Å². The molecule has 1 aromatic rings. The van der Waals surface area contributed by atoms with E-state index in [2.05, 4.69) is 13.0 Å². The highest BCUT2D eigenvalue weighted by Gasteiger charge is 2.24. The normalized spacial score (nSPS) is 16.4. The minimum absolute atomic E-state index is 0.0660. The first-order chi connectivity index (χ1) is 7.63. The van der Waals surface area contributed by atoms with Gasteiger partial charge in [0.15, 0.2) is 0 Å². The fourth-order valence-corrected chi connectivity index (χ4v) is 2.46. The Labute approximate surface area is 101 Å². The molecule has 0 bridgehead atoms. The standard InChI is InChI=1S/C13H16ClNO/c1-3-4-11(14)9-5-6-12-10(7-9)8-13(16)15(12)2/h5-7,11H,3-4,8H2,1-2H3. The minimum atomic E-state index is 0.0660. The summed E-state index contributed by atoms with van der Waals surface area (Å²) < 4.78 is 0. The smallest absolute Gasteiger partial charge is 0.231 e. The van der Waals surface area contributed by atoms with E-state index in [-0.39, 0.29) is 11.3 Å². The largest absolute Gasteiger partial charge is 0.315 e. The van der Waals surface area contributed by atoms with Gasteiger partial charge in [0.25, 0.3) is 0 Å². The molecule has 0 aliphatic carbocycles. The SMILES string of the molecule is CCCC(Cl)c1ccc2c(c1)CC(=O)N2C. The van der Waals surface area contributed by atoms with Gasteiger partial charge in [0, 0.05) is 12.7 Å². The molecule has 16 heavy (non-hydrogen) atoms. The molecule has 2 nitrogen and oxygen atoms in total. The summed E-state index contributed by atoms with van der Waals surface area (Å²) in [6.45, 7) is 2.13. The zero-order valence-electron chi connectivity index (χ0n) is 9.66. The highest BCUT2D eigenvalue weighted by molar-refractivity contribution is 6.20. The second kappa shape index (κ2) is 4.46. The van der Waals surface area contributed by atoms with Gasteiger partial charge in [0.1, 0.15) is 0 Å². The Balaban J connectivity index is 2.28. The van der Waals surface area contributed by atoms with Crippen molar-refractivity contribution in [3.63, 3.8) is 0 Å². The molecule has 1 aliphatic rings. The molecule has 3 heteroatoms. The zero-order valence-corrected chi connectivity index (χ0v) is 10.4. The fourth-order valence-electron chi connectivity index (χ4n) is 2.11. The van der Waals surface area contributed by atoms with Crippen molar-refractivity contribution in [1.82, 2.24) is 0 Å². The zero-order chi connectivity index (χ0) is 11.7. The van der Waals surface area contributed by atoms with E-state index in [1.165, 1.54) is 0 Å². The van der Waals surface area contributed by atoms with Crippen molar-refractivity contribution in [3.05, 3.63) is 29.3 Å². The summed E-state index contributed by atoms with van der Waals surface area (Å²) in [5.41, 5.74) is 3.26. The summed E-state index contributed by atoms with van der Waals surface area (Å²) in [6, 6.07) is 6.10. The minimum Gasteiger partial charge on any atom is -0.315 e. The molecule has 1 atom stereocenters. The maximum absolute atomic E-state index is 11.5. The lowest BCUT2D eigenvalue weighted by molar-refractivity contribution is -0.117. The van der Waals surface area contributed by atoms with E-state index in [0.717, 1.165) is 29.7 Å². The molecule has 86 valence electrons. The second-order valence-corrected chi connectivity index (χ2v) is 4.80. The van der Waals surface area contributed by atoms with Crippen LogP contribution in [0.15, 0.2) is 18.2 Å². The first-order valence-corrected chi connectivity index (χ1v) is 6.10. The van der Waals surface area contributed by atoms with Crippen LogP contribution in [-0.2, 0) is 11.2 Å². The van der Waals surface area contributed by atoms with Crippen LogP contribution < -0.4 is 4.90 Å². The van der Waals surface area contributed by atoms with Gasteiger partial charge < -0.3 is 4.90 Å². The number of carbonyl (C=O) groups excluding carboxylic acids is 1. The number of hydrogen-bond acceptors (Lipinski definition) is 1. The fraction of sp³-hybridized carbons (Fsp3) is 0.462. The van der Waals surface area contributed by atoms with Crippen molar-refractivity contribution < 1.29 is 4.79 Å². The summed E-state index contributed by atoms with van der Waals surface area (Å²) in [4.78, 5) is 13.2. The van der Waals surface area contributed by atoms with E-state index >= 15 is 0 Å². The van der Waals surface area contributed by atoms with Crippen LogP contribution in [0, 0.1) is 0 Å². The Hall–Kier alpha value is -1.02. The van der Waals surface area contributed by atoms with Crippen LogP contribution in [0.3, 0.4) is 0 Å². The summed E-state index contributed by atoms with van der Waals surface area (Å²) in [5.74, 6) is 0.161. The van der Waals surface area contributed by atoms with E-state index in [0.29, 0.717) is 6.42 Å². The first-order valence-electron chi connectivity index (χ1n) is 5.67. The molecular formula is C13H16ClNO. The van der Waals surface area contributed by atoms with Gasteiger partial charge in [-0.25, -0.2) is 0 Å². The third-order valence-corrected chi connectivity index (χ3v) is 3.55. The third-order valence-electron chi connectivity index (χ3n) is 3.08. The van der Waals surface area contributed by atoms with Crippen molar-refractivity contribution in [3.8, 4) is 0 Å². The Morgan fingerprint density at radius 3 is 2.94 bits per heavy atom. The predicted molar refractivity (Wildman–Crippen MR) is 67.1 cm³/mol. The Morgan fingerprint density at radius 2 is 2.25 bits per heavy atom. The number of amides is 1. The molecule has 2 rings (SSSR count). The Kier molecular flexibility index (Phi) is 3.20. The van der Waals surface area contributed by atoms with Crippen LogP contribution in [0.2, 0.25) is 0 Å². The lowest BCUT2D eigenvalue weighted by atomic mass is 10.0. The molecule has 0 fully saturated rings. The van der Waals surface area contributed by atoms with Gasteiger partial charge in [-0.15, -0.1) is 11.6 Å². The number of benzene rings is 1. The summed E-state index contributed by atoms with van der Waals surface area (Å²) in [6.07, 6.45) is 2.56. The maximum atomic E-state index is 11.5. The molecule has 1 aromatic carbocycles. The molecule has 0 spiro atoms. The molecule has 0 saturated carbocycles. The van der Waals surface area contributed by atoms with Crippen LogP contribution in [0.4, 0.5) is 5.69 Å². The third kappa shape index (κ3) is 1.94. The summed E-state index contributed by atoms with van der Waals surface area (Å²) >= 11 is 6.28. The predicted octanol–water partition coefficient (Wildman–Crippen LogP) is 3.29. The van der Waals surface area contributed by atoms with Crippen molar-refractivity contribution in [2.45, 2.75) is 31.6 Å². The Morgan fingerprint density at radius 1 is 1.50 bits per heavy atom. The van der Waals surface area contributed by atoms with Crippen molar-refractivity contribution in [1.29, 1.82) is 0 Å². The first kappa shape index (κ1) is 11.5. The summed E-state index contributed by atoms with van der Waals surface area (Å²) in [5, 5.41) is 0.0660. The number of anilines is 1. The Bertz CT molecular complexity index is 416. The summed E-state index contributed by atoms with van der Waals surface area (Å²) in [7, 11) is 1.82. The van der Waals surface area contributed by atoms with E-state index < -0.39 is 0 Å². The average molecular weight is 238 g/mol. The van der Waals surface area contributed by atoms with Gasteiger partial charge in [0.05, 0.1) is 11.8 Å². The van der Waals surface area contributed by atoms with E-state index in [4.69, 9.17) is 11.6 Å². The number of rotatable bonds is 3. The van der Waals surface area contributed by atoms with Crippen molar-refractivity contribution >= 4 is 23.2 Å². The number of fused-ring (bicyclic) bond motifs is 1. The lowest BCUT2D eigenvalue weighted by Gasteiger charge is -2.12. The van der Waals surface area contributed by atoms with Gasteiger partial charge in [-0.05, 0) is 23.6 Å². The monoisotopic (exact) mass is 237 g/mol. The van der Waals surface area contributed by atoms with Crippen LogP contribution in [0.1, 0.15) is 36.3 Å². The second-order valence-electron chi connectivity index (χ2n) is 4.27. The molecular weight excluding hydrogens is 222 g/mol. The van der Waals surface area contributed by atoms with E-state index in [9.17, 15) is 4.79 Å². The number of alkyl halides is 1. The van der Waals surface area contributed by atoms with Gasteiger partial charge in [-0.1, -0.05) is 25.5 Å². The van der Waals surface area contributed by atoms with Gasteiger partial charge in [-0.3, -0.25) is 4.79 Å². The maximum Gasteiger partial charge on any atom is 0.231 e. The van der Waals surface area contributed by atoms with E-state index in [1.807, 2.05) is 19.2 Å². The average Bonchev–Trinajstić information content (AvgIpc) is 2.55. The topological polar surface area (TPSA) is 20.3 Å². The van der Waals surface area contributed by atoms with Crippen LogP contribution in [0.5, 0.6) is 0 Å². The molecule has 1 aliphatic heterocycles. The van der Waals surface area contributed by atoms with Crippen LogP contribution >= 0.6 is 11.6 Å². The highest BCUT2D eigenvalue weighted by atomic mass is 35.5. The number of hydrogen-bond donors (Lipinski definition) is 0. The number of likely N-dealkylation sites (N-methyl/N-ethyl adjacent to an activating group) is 1. The van der Waals surface area contributed by atoms with Crippen molar-refractivity contribution in [2.24, 2.45) is 0 Å². The van der Waals surface area contributed by atoms with Gasteiger partial charge in [-0.2, -0.15) is 0 Å². The molecule has 0 N–H and O–H groups in total. The number of halogens is 1. The molecule has 0 saturated heterocycles. The molecule has 1 heterocycles. The number of nitrogens with zero attached hydrogens (tertiary/aromatic N) is 1. The number of carbonyl (C=O) groups is 1. The van der Waals surface area contributed by atoms with Crippen LogP contribution in [0.25, 0.3) is 0 Å². The van der Waals surface area contributed by atoms with Crippen molar-refractivity contribution in [2.75, 3.05) is 11.9 Å². The van der Waals surface area contributed by atoms with E-state index in [1.54, 1.807) is 4.90 Å². The van der Waals surface area contributed by atoms with Crippen LogP contribution in [-0.4, -0.2) is 13.0 Å². The quantitative estimate of drug-likeness (QED) is 0.739. The molecule has 1 unspecified atom stereocenters.